The fourth-order valence-electron chi connectivity index (χ4n) is 0.861. The molecule has 13 heavy (non-hydrogen) atoms. The second-order valence-corrected chi connectivity index (χ2v) is 3.21. The second kappa shape index (κ2) is 7.66. The molecule has 0 rings (SSSR count). The first-order chi connectivity index (χ1) is 6.16. The molecule has 0 radical (unpaired) electrons. The molecule has 1 N–H and O–H groups in total. The summed E-state index contributed by atoms with van der Waals surface area (Å²) < 4.78 is 0. The van der Waals surface area contributed by atoms with Crippen LogP contribution < -0.4 is 5.48 Å². The lowest BCUT2D eigenvalue weighted by molar-refractivity contribution is 0.128. The van der Waals surface area contributed by atoms with Crippen molar-refractivity contribution in [2.75, 3.05) is 7.11 Å². The van der Waals surface area contributed by atoms with E-state index >= 15 is 0 Å². The summed E-state index contributed by atoms with van der Waals surface area (Å²) in [5.74, 6) is 0. The lowest BCUT2D eigenvalue weighted by Gasteiger charge is -1.94. The molecular weight excluding hydrogens is 162 g/mol. The number of nitrogens with one attached hydrogen (secondary N) is 1. The molecule has 0 amide bonds. The molecule has 0 aliphatic carbocycles. The van der Waals surface area contributed by atoms with Gasteiger partial charge in [-0.15, -0.1) is 5.73 Å². The normalized spacial score (nSPS) is 8.62. The van der Waals surface area contributed by atoms with Gasteiger partial charge in [-0.2, -0.15) is 0 Å². The fraction of sp³-hybridized carbons (Fsp3) is 0.545. The lowest BCUT2D eigenvalue weighted by atomic mass is 10.1. The Hall–Kier alpha value is -0.980. The van der Waals surface area contributed by atoms with E-state index in [1.54, 1.807) is 13.3 Å². The largest absolute Gasteiger partial charge is 0.279 e. The van der Waals surface area contributed by atoms with E-state index in [0.717, 1.165) is 12.8 Å². The molecule has 2 nitrogen and oxygen atoms in total. The van der Waals surface area contributed by atoms with E-state index < -0.39 is 0 Å². The minimum absolute atomic E-state index is 1.05. The van der Waals surface area contributed by atoms with Crippen molar-refractivity contribution in [3.8, 4) is 0 Å². The Labute approximate surface area is 80.9 Å². The van der Waals surface area contributed by atoms with E-state index in [9.17, 15) is 0 Å². The van der Waals surface area contributed by atoms with E-state index in [2.05, 4.69) is 42.9 Å². The van der Waals surface area contributed by atoms with Gasteiger partial charge in [-0.05, 0) is 39.2 Å². The maximum absolute atomic E-state index is 4.64. The Balaban J connectivity index is 3.79. The number of allylic oxidation sites excluding steroid dienone is 3. The zero-order chi connectivity index (χ0) is 10.1. The minimum atomic E-state index is 1.05. The Morgan fingerprint density at radius 1 is 1.38 bits per heavy atom. The third-order valence-corrected chi connectivity index (χ3v) is 1.57. The minimum Gasteiger partial charge on any atom is -0.279 e. The van der Waals surface area contributed by atoms with Crippen LogP contribution in [0.2, 0.25) is 0 Å². The van der Waals surface area contributed by atoms with E-state index in [1.807, 2.05) is 0 Å². The molecule has 0 saturated heterocycles. The van der Waals surface area contributed by atoms with Crippen LogP contribution in [0.4, 0.5) is 0 Å². The van der Waals surface area contributed by atoms with E-state index in [0.29, 0.717) is 0 Å². The molecule has 0 bridgehead atoms. The van der Waals surface area contributed by atoms with Gasteiger partial charge in [-0.3, -0.25) is 10.3 Å². The van der Waals surface area contributed by atoms with Crippen LogP contribution in [0.25, 0.3) is 0 Å². The molecule has 0 aromatic rings. The highest BCUT2D eigenvalue weighted by molar-refractivity contribution is 5.01. The van der Waals surface area contributed by atoms with Crippen LogP contribution >= 0.6 is 0 Å². The van der Waals surface area contributed by atoms with Crippen molar-refractivity contribution >= 4 is 0 Å². The first-order valence-corrected chi connectivity index (χ1v) is 4.49. The van der Waals surface area contributed by atoms with Gasteiger partial charge in [-0.25, -0.2) is 0 Å². The van der Waals surface area contributed by atoms with Crippen molar-refractivity contribution in [2.45, 2.75) is 33.6 Å². The summed E-state index contributed by atoms with van der Waals surface area (Å²) in [6, 6.07) is 0. The molecular formula is C11H19NO. The molecule has 0 aliphatic rings. The van der Waals surface area contributed by atoms with Crippen molar-refractivity contribution in [2.24, 2.45) is 0 Å². The van der Waals surface area contributed by atoms with Crippen LogP contribution in [0.3, 0.4) is 0 Å². The molecule has 0 saturated carbocycles. The summed E-state index contributed by atoms with van der Waals surface area (Å²) in [6.07, 6.45) is 6.04. The van der Waals surface area contributed by atoms with Crippen LogP contribution in [0.1, 0.15) is 33.6 Å². The zero-order valence-electron chi connectivity index (χ0n) is 8.98. The van der Waals surface area contributed by atoms with Gasteiger partial charge >= 0.3 is 0 Å². The number of hydrogen-bond donors (Lipinski definition) is 1. The molecule has 0 spiro atoms. The average molecular weight is 181 g/mol. The topological polar surface area (TPSA) is 21.3 Å². The predicted molar refractivity (Wildman–Crippen MR) is 56.1 cm³/mol. The van der Waals surface area contributed by atoms with Gasteiger partial charge in [0.1, 0.15) is 0 Å². The summed E-state index contributed by atoms with van der Waals surface area (Å²) >= 11 is 0. The highest BCUT2D eigenvalue weighted by Crippen LogP contribution is 2.04. The van der Waals surface area contributed by atoms with Gasteiger partial charge in [0, 0.05) is 0 Å². The molecule has 0 unspecified atom stereocenters. The van der Waals surface area contributed by atoms with Crippen LogP contribution in [0.15, 0.2) is 29.2 Å². The predicted octanol–water partition coefficient (Wildman–Crippen LogP) is 2.94. The summed E-state index contributed by atoms with van der Waals surface area (Å²) in [7, 11) is 1.58. The molecule has 2 heteroatoms. The van der Waals surface area contributed by atoms with Gasteiger partial charge in [0.2, 0.25) is 0 Å². The Bertz CT molecular complexity index is 218. The molecule has 0 fully saturated rings. The molecule has 0 heterocycles. The molecule has 0 aliphatic heterocycles. The fourth-order valence-corrected chi connectivity index (χ4v) is 0.861. The second-order valence-electron chi connectivity index (χ2n) is 3.21. The van der Waals surface area contributed by atoms with Crippen LogP contribution in [0, 0.1) is 0 Å². The highest BCUT2D eigenvalue weighted by Gasteiger charge is 1.85. The van der Waals surface area contributed by atoms with E-state index in [4.69, 9.17) is 0 Å². The molecule has 0 atom stereocenters. The van der Waals surface area contributed by atoms with Gasteiger partial charge in [0.15, 0.2) is 0 Å². The van der Waals surface area contributed by atoms with Crippen molar-refractivity contribution in [1.82, 2.24) is 5.48 Å². The Morgan fingerprint density at radius 2 is 2.08 bits per heavy atom. The number of hydroxylamine groups is 1. The molecule has 74 valence electrons. The Morgan fingerprint density at radius 3 is 2.62 bits per heavy atom. The first-order valence-electron chi connectivity index (χ1n) is 4.49. The number of rotatable bonds is 5. The third kappa shape index (κ3) is 8.93. The van der Waals surface area contributed by atoms with Gasteiger partial charge < -0.3 is 0 Å². The third-order valence-electron chi connectivity index (χ3n) is 1.57. The highest BCUT2D eigenvalue weighted by atomic mass is 16.6. The zero-order valence-corrected chi connectivity index (χ0v) is 8.98. The SMILES string of the molecule is CONC=C=C(C)CCC=C(C)C. The van der Waals surface area contributed by atoms with E-state index in [1.165, 1.54) is 11.1 Å². The van der Waals surface area contributed by atoms with Crippen molar-refractivity contribution < 1.29 is 4.84 Å². The smallest absolute Gasteiger partial charge is 0.0660 e. The molecule has 0 aromatic heterocycles. The summed E-state index contributed by atoms with van der Waals surface area (Å²) in [6.45, 7) is 6.29. The summed E-state index contributed by atoms with van der Waals surface area (Å²) in [5, 5.41) is 0. The first kappa shape index (κ1) is 12.0. The van der Waals surface area contributed by atoms with Crippen molar-refractivity contribution in [3.63, 3.8) is 0 Å². The summed E-state index contributed by atoms with van der Waals surface area (Å²) in [5.41, 5.74) is 8.28. The maximum atomic E-state index is 4.64. The van der Waals surface area contributed by atoms with E-state index in [-0.39, 0.29) is 0 Å². The molecule has 0 aromatic carbocycles. The van der Waals surface area contributed by atoms with Crippen molar-refractivity contribution in [1.29, 1.82) is 0 Å². The van der Waals surface area contributed by atoms with Gasteiger partial charge in [-0.1, -0.05) is 11.6 Å². The van der Waals surface area contributed by atoms with Crippen LogP contribution in [0.5, 0.6) is 0 Å². The van der Waals surface area contributed by atoms with Crippen LogP contribution in [-0.2, 0) is 4.84 Å². The summed E-state index contributed by atoms with van der Waals surface area (Å²) in [4.78, 5) is 4.64. The lowest BCUT2D eigenvalue weighted by Crippen LogP contribution is -1.99. The standard InChI is InChI=1S/C11H19NO/c1-10(2)6-5-7-11(3)8-9-12-13-4/h6,9,12H,5,7H2,1-4H3. The van der Waals surface area contributed by atoms with Gasteiger partial charge in [0.25, 0.3) is 0 Å². The van der Waals surface area contributed by atoms with Crippen LogP contribution in [-0.4, -0.2) is 7.11 Å². The monoisotopic (exact) mass is 181 g/mol. The number of hydrogen-bond acceptors (Lipinski definition) is 2. The van der Waals surface area contributed by atoms with Gasteiger partial charge in [0.05, 0.1) is 13.3 Å². The Kier molecular flexibility index (Phi) is 7.08. The van der Waals surface area contributed by atoms with Crippen molar-refractivity contribution in [3.05, 3.63) is 29.2 Å². The quantitative estimate of drug-likeness (QED) is 0.400. The average Bonchev–Trinajstić information content (AvgIpc) is 2.04. The maximum Gasteiger partial charge on any atom is 0.0660 e.